The van der Waals surface area contributed by atoms with Gasteiger partial charge in [0.1, 0.15) is 0 Å². The van der Waals surface area contributed by atoms with Crippen LogP contribution in [-0.2, 0) is 10.2 Å². The topological polar surface area (TPSA) is 97.1 Å². The predicted molar refractivity (Wildman–Crippen MR) is 53.8 cm³/mol. The largest absolute Gasteiger partial charge is 0.329 e. The Morgan fingerprint density at radius 2 is 2.29 bits per heavy atom. The highest BCUT2D eigenvalue weighted by Crippen LogP contribution is 2.03. The average molecular weight is 216 g/mol. The van der Waals surface area contributed by atoms with E-state index < -0.39 is 10.2 Å². The zero-order valence-corrected chi connectivity index (χ0v) is 8.29. The molecule has 1 rings (SSSR count). The third-order valence-electron chi connectivity index (χ3n) is 1.35. The van der Waals surface area contributed by atoms with Gasteiger partial charge in [-0.3, -0.25) is 9.71 Å². The molecular formula is C7H12N4O2S. The molecule has 0 aliphatic rings. The Labute approximate surface area is 82.7 Å². The van der Waals surface area contributed by atoms with E-state index in [9.17, 15) is 8.42 Å². The maximum Gasteiger partial charge on any atom is 0.299 e. The number of nitrogens with zero attached hydrogens (tertiary/aromatic N) is 1. The fourth-order valence-electron chi connectivity index (χ4n) is 0.808. The van der Waals surface area contributed by atoms with Gasteiger partial charge < -0.3 is 5.73 Å². The van der Waals surface area contributed by atoms with Gasteiger partial charge in [0.15, 0.2) is 0 Å². The molecule has 0 aliphatic heterocycles. The summed E-state index contributed by atoms with van der Waals surface area (Å²) in [6.45, 7) is 0.462. The van der Waals surface area contributed by atoms with Crippen LogP contribution < -0.4 is 15.2 Å². The molecule has 4 N–H and O–H groups in total. The Kier molecular flexibility index (Phi) is 3.81. The van der Waals surface area contributed by atoms with Crippen LogP contribution in [0, 0.1) is 0 Å². The van der Waals surface area contributed by atoms with Crippen LogP contribution in [0.1, 0.15) is 0 Å². The summed E-state index contributed by atoms with van der Waals surface area (Å²) in [6.07, 6.45) is 2.98. The smallest absolute Gasteiger partial charge is 0.299 e. The van der Waals surface area contributed by atoms with Crippen molar-refractivity contribution in [3.8, 4) is 0 Å². The SMILES string of the molecule is NCCNS(=O)(=O)Nc1cccnc1. The molecule has 0 unspecified atom stereocenters. The second kappa shape index (κ2) is 4.89. The van der Waals surface area contributed by atoms with Crippen molar-refractivity contribution in [3.63, 3.8) is 0 Å². The monoisotopic (exact) mass is 216 g/mol. The minimum Gasteiger partial charge on any atom is -0.329 e. The van der Waals surface area contributed by atoms with Crippen molar-refractivity contribution in [2.75, 3.05) is 17.8 Å². The maximum atomic E-state index is 11.3. The predicted octanol–water partition coefficient (Wildman–Crippen LogP) is -0.713. The first kappa shape index (κ1) is 10.9. The van der Waals surface area contributed by atoms with Crippen molar-refractivity contribution < 1.29 is 8.42 Å². The van der Waals surface area contributed by atoms with E-state index in [1.807, 2.05) is 0 Å². The fraction of sp³-hybridized carbons (Fsp3) is 0.286. The zero-order chi connectivity index (χ0) is 10.4. The Morgan fingerprint density at radius 1 is 1.50 bits per heavy atom. The molecule has 0 radical (unpaired) electrons. The molecule has 7 heteroatoms. The summed E-state index contributed by atoms with van der Waals surface area (Å²) >= 11 is 0. The van der Waals surface area contributed by atoms with Crippen molar-refractivity contribution in [1.82, 2.24) is 9.71 Å². The third kappa shape index (κ3) is 3.69. The van der Waals surface area contributed by atoms with Crippen molar-refractivity contribution in [2.24, 2.45) is 5.73 Å². The number of nitrogens with one attached hydrogen (secondary N) is 2. The third-order valence-corrected chi connectivity index (χ3v) is 2.44. The van der Waals surface area contributed by atoms with E-state index >= 15 is 0 Å². The van der Waals surface area contributed by atoms with Gasteiger partial charge in [0.25, 0.3) is 10.2 Å². The molecule has 0 aliphatic carbocycles. The first-order valence-electron chi connectivity index (χ1n) is 4.01. The lowest BCUT2D eigenvalue weighted by molar-refractivity contribution is 0.587. The zero-order valence-electron chi connectivity index (χ0n) is 7.47. The fourth-order valence-corrected chi connectivity index (χ4v) is 1.70. The summed E-state index contributed by atoms with van der Waals surface area (Å²) in [4.78, 5) is 3.77. The van der Waals surface area contributed by atoms with Crippen LogP contribution in [0.3, 0.4) is 0 Å². The lowest BCUT2D eigenvalue weighted by Crippen LogP contribution is -2.33. The van der Waals surface area contributed by atoms with Gasteiger partial charge in [0.2, 0.25) is 0 Å². The van der Waals surface area contributed by atoms with E-state index in [-0.39, 0.29) is 13.1 Å². The number of aromatic nitrogens is 1. The standard InChI is InChI=1S/C7H12N4O2S/c8-3-5-10-14(12,13)11-7-2-1-4-9-6-7/h1-2,4,6,10-11H,3,5,8H2. The molecule has 1 aromatic heterocycles. The van der Waals surface area contributed by atoms with Crippen molar-refractivity contribution in [2.45, 2.75) is 0 Å². The quantitative estimate of drug-likeness (QED) is 0.605. The van der Waals surface area contributed by atoms with Crippen LogP contribution in [0.2, 0.25) is 0 Å². The number of hydrogen-bond acceptors (Lipinski definition) is 4. The Morgan fingerprint density at radius 3 is 2.86 bits per heavy atom. The summed E-state index contributed by atoms with van der Waals surface area (Å²) in [7, 11) is -3.52. The molecule has 0 spiro atoms. The second-order valence-electron chi connectivity index (χ2n) is 2.53. The molecule has 0 fully saturated rings. The van der Waals surface area contributed by atoms with Gasteiger partial charge in [-0.2, -0.15) is 13.1 Å². The molecule has 0 bridgehead atoms. The summed E-state index contributed by atoms with van der Waals surface area (Å²) in [5.41, 5.74) is 5.58. The normalized spacial score (nSPS) is 11.2. The lowest BCUT2D eigenvalue weighted by atomic mass is 10.4. The van der Waals surface area contributed by atoms with Crippen LogP contribution in [-0.4, -0.2) is 26.5 Å². The molecule has 0 atom stereocenters. The highest BCUT2D eigenvalue weighted by molar-refractivity contribution is 7.90. The number of hydrogen-bond donors (Lipinski definition) is 3. The number of nitrogens with two attached hydrogens (primary N) is 1. The first-order valence-corrected chi connectivity index (χ1v) is 5.50. The van der Waals surface area contributed by atoms with Gasteiger partial charge in [0, 0.05) is 19.3 Å². The van der Waals surface area contributed by atoms with Gasteiger partial charge in [-0.1, -0.05) is 0 Å². The van der Waals surface area contributed by atoms with E-state index in [1.165, 1.54) is 6.20 Å². The highest BCUT2D eigenvalue weighted by atomic mass is 32.2. The second-order valence-corrected chi connectivity index (χ2v) is 4.03. The van der Waals surface area contributed by atoms with Crippen LogP contribution in [0.4, 0.5) is 5.69 Å². The van der Waals surface area contributed by atoms with E-state index in [0.29, 0.717) is 5.69 Å². The number of pyridine rings is 1. The van der Waals surface area contributed by atoms with Crippen LogP contribution in [0.25, 0.3) is 0 Å². The molecular weight excluding hydrogens is 204 g/mol. The molecule has 0 amide bonds. The molecule has 78 valence electrons. The summed E-state index contributed by atoms with van der Waals surface area (Å²) < 4.78 is 27.1. The van der Waals surface area contributed by atoms with Crippen LogP contribution >= 0.6 is 0 Å². The summed E-state index contributed by atoms with van der Waals surface area (Å²) in [5.74, 6) is 0. The van der Waals surface area contributed by atoms with Gasteiger partial charge in [0.05, 0.1) is 11.9 Å². The molecule has 1 heterocycles. The highest BCUT2D eigenvalue weighted by Gasteiger charge is 2.07. The van der Waals surface area contributed by atoms with E-state index in [1.54, 1.807) is 18.3 Å². The minimum atomic E-state index is -3.52. The first-order chi connectivity index (χ1) is 6.64. The van der Waals surface area contributed by atoms with E-state index in [2.05, 4.69) is 14.4 Å². The molecule has 0 aromatic carbocycles. The Balaban J connectivity index is 2.60. The van der Waals surface area contributed by atoms with Crippen LogP contribution in [0.15, 0.2) is 24.5 Å². The molecule has 14 heavy (non-hydrogen) atoms. The van der Waals surface area contributed by atoms with Gasteiger partial charge in [-0.05, 0) is 12.1 Å². The minimum absolute atomic E-state index is 0.204. The summed E-state index contributed by atoms with van der Waals surface area (Å²) in [6, 6.07) is 3.25. The molecule has 0 saturated carbocycles. The molecule has 6 nitrogen and oxygen atoms in total. The number of anilines is 1. The average Bonchev–Trinajstić information content (AvgIpc) is 2.16. The van der Waals surface area contributed by atoms with Crippen molar-refractivity contribution in [3.05, 3.63) is 24.5 Å². The number of rotatable bonds is 5. The Hall–Kier alpha value is -1.18. The Bertz CT molecular complexity index is 365. The van der Waals surface area contributed by atoms with E-state index in [0.717, 1.165) is 0 Å². The van der Waals surface area contributed by atoms with E-state index in [4.69, 9.17) is 5.73 Å². The van der Waals surface area contributed by atoms with Gasteiger partial charge in [-0.25, -0.2) is 0 Å². The summed E-state index contributed by atoms with van der Waals surface area (Å²) in [5, 5.41) is 0. The van der Waals surface area contributed by atoms with Gasteiger partial charge >= 0.3 is 0 Å². The lowest BCUT2D eigenvalue weighted by Gasteiger charge is -2.07. The maximum absolute atomic E-state index is 11.3. The molecule has 0 saturated heterocycles. The van der Waals surface area contributed by atoms with Crippen molar-refractivity contribution >= 4 is 15.9 Å². The van der Waals surface area contributed by atoms with Gasteiger partial charge in [-0.15, -0.1) is 0 Å². The van der Waals surface area contributed by atoms with Crippen molar-refractivity contribution in [1.29, 1.82) is 0 Å². The molecule has 1 aromatic rings. The van der Waals surface area contributed by atoms with Crippen LogP contribution in [0.5, 0.6) is 0 Å².